The highest BCUT2D eigenvalue weighted by Gasteiger charge is 2.16. The van der Waals surface area contributed by atoms with Gasteiger partial charge in [-0.15, -0.1) is 0 Å². The molecule has 0 saturated heterocycles. The van der Waals surface area contributed by atoms with Gasteiger partial charge in [0.2, 0.25) is 0 Å². The number of rotatable bonds is 2. The Morgan fingerprint density at radius 1 is 1.37 bits per heavy atom. The van der Waals surface area contributed by atoms with Gasteiger partial charge in [-0.25, -0.2) is 4.98 Å². The minimum Gasteiger partial charge on any atom is -0.382 e. The Kier molecular flexibility index (Phi) is 2.76. The molecule has 3 rings (SSSR count). The summed E-state index contributed by atoms with van der Waals surface area (Å²) in [5, 5.41) is 7.65. The first kappa shape index (κ1) is 11.8. The molecule has 3 aromatic rings. The molecule has 0 aliphatic heterocycles. The maximum absolute atomic E-state index is 6.03. The molecule has 0 aliphatic carbocycles. The summed E-state index contributed by atoms with van der Waals surface area (Å²) in [6, 6.07) is 7.50. The molecule has 19 heavy (non-hydrogen) atoms. The highest BCUT2D eigenvalue weighted by molar-refractivity contribution is 6.30. The van der Waals surface area contributed by atoms with Gasteiger partial charge in [-0.1, -0.05) is 23.7 Å². The standard InChI is InChI=1S/C13H12ClN5/c1-19-6-10(16-7-19)12-11(13(15)18-17-12)8-3-2-4-9(14)5-8/h2-7H,1H3,(H3,15,17,18). The number of anilines is 1. The molecule has 0 atom stereocenters. The number of hydrogen-bond acceptors (Lipinski definition) is 3. The van der Waals surface area contributed by atoms with E-state index in [9.17, 15) is 0 Å². The minimum atomic E-state index is 0.433. The predicted octanol–water partition coefficient (Wildman–Crippen LogP) is 2.71. The van der Waals surface area contributed by atoms with Gasteiger partial charge in [0.05, 0.1) is 17.6 Å². The third-order valence-electron chi connectivity index (χ3n) is 2.87. The first-order valence-corrected chi connectivity index (χ1v) is 6.11. The van der Waals surface area contributed by atoms with Gasteiger partial charge in [0.25, 0.3) is 0 Å². The monoisotopic (exact) mass is 273 g/mol. The Bertz CT molecular complexity index is 728. The van der Waals surface area contributed by atoms with E-state index in [2.05, 4.69) is 15.2 Å². The van der Waals surface area contributed by atoms with Crippen molar-refractivity contribution in [3.05, 3.63) is 41.8 Å². The van der Waals surface area contributed by atoms with Gasteiger partial charge in [0.1, 0.15) is 5.69 Å². The molecule has 5 nitrogen and oxygen atoms in total. The number of hydrogen-bond donors (Lipinski definition) is 2. The molecule has 0 amide bonds. The molecule has 3 N–H and O–H groups in total. The normalized spacial score (nSPS) is 10.8. The van der Waals surface area contributed by atoms with Crippen LogP contribution in [0.3, 0.4) is 0 Å². The quantitative estimate of drug-likeness (QED) is 0.754. The maximum Gasteiger partial charge on any atom is 0.153 e. The fourth-order valence-corrected chi connectivity index (χ4v) is 2.21. The molecule has 0 aliphatic rings. The number of benzene rings is 1. The van der Waals surface area contributed by atoms with Crippen LogP contribution in [-0.4, -0.2) is 19.7 Å². The van der Waals surface area contributed by atoms with Crippen LogP contribution in [0.25, 0.3) is 22.5 Å². The number of H-pyrrole nitrogens is 1. The van der Waals surface area contributed by atoms with Crippen LogP contribution in [0.2, 0.25) is 5.02 Å². The molecule has 6 heteroatoms. The molecule has 0 unspecified atom stereocenters. The zero-order valence-electron chi connectivity index (χ0n) is 10.3. The molecule has 0 spiro atoms. The molecule has 1 aromatic carbocycles. The topological polar surface area (TPSA) is 72.5 Å². The molecule has 2 heterocycles. The number of nitrogen functional groups attached to an aromatic ring is 1. The Morgan fingerprint density at radius 2 is 2.21 bits per heavy atom. The van der Waals surface area contributed by atoms with E-state index < -0.39 is 0 Å². The lowest BCUT2D eigenvalue weighted by atomic mass is 10.0. The van der Waals surface area contributed by atoms with Crippen molar-refractivity contribution >= 4 is 17.4 Å². The maximum atomic E-state index is 6.03. The lowest BCUT2D eigenvalue weighted by molar-refractivity contribution is 0.913. The van der Waals surface area contributed by atoms with E-state index in [1.165, 1.54) is 0 Å². The van der Waals surface area contributed by atoms with Crippen molar-refractivity contribution in [3.8, 4) is 22.5 Å². The number of nitrogens with zero attached hydrogens (tertiary/aromatic N) is 3. The second kappa shape index (κ2) is 4.44. The van der Waals surface area contributed by atoms with Crippen molar-refractivity contribution < 1.29 is 0 Å². The van der Waals surface area contributed by atoms with Gasteiger partial charge in [0.15, 0.2) is 5.82 Å². The van der Waals surface area contributed by atoms with Crippen LogP contribution < -0.4 is 5.73 Å². The SMILES string of the molecule is Cn1cnc(-c2[nH]nc(N)c2-c2cccc(Cl)c2)c1. The molecular weight excluding hydrogens is 262 g/mol. The minimum absolute atomic E-state index is 0.433. The average molecular weight is 274 g/mol. The van der Waals surface area contributed by atoms with E-state index in [0.717, 1.165) is 22.5 Å². The summed E-state index contributed by atoms with van der Waals surface area (Å²) in [6.45, 7) is 0. The Morgan fingerprint density at radius 3 is 2.89 bits per heavy atom. The summed E-state index contributed by atoms with van der Waals surface area (Å²) in [5.41, 5.74) is 9.27. The van der Waals surface area contributed by atoms with Crippen molar-refractivity contribution in [3.63, 3.8) is 0 Å². The van der Waals surface area contributed by atoms with Gasteiger partial charge < -0.3 is 10.3 Å². The third kappa shape index (κ3) is 2.08. The largest absolute Gasteiger partial charge is 0.382 e. The Hall–Kier alpha value is -2.27. The molecule has 0 saturated carbocycles. The molecule has 2 aromatic heterocycles. The van der Waals surface area contributed by atoms with Crippen LogP contribution >= 0.6 is 11.6 Å². The van der Waals surface area contributed by atoms with E-state index in [0.29, 0.717) is 10.8 Å². The summed E-state index contributed by atoms with van der Waals surface area (Å²) in [5.74, 6) is 0.433. The van der Waals surface area contributed by atoms with Crippen molar-refractivity contribution in [2.75, 3.05) is 5.73 Å². The number of nitrogens with one attached hydrogen (secondary N) is 1. The number of aryl methyl sites for hydroxylation is 1. The predicted molar refractivity (Wildman–Crippen MR) is 75.6 cm³/mol. The number of imidazole rings is 1. The van der Waals surface area contributed by atoms with Gasteiger partial charge >= 0.3 is 0 Å². The zero-order valence-corrected chi connectivity index (χ0v) is 11.0. The first-order valence-electron chi connectivity index (χ1n) is 5.73. The smallest absolute Gasteiger partial charge is 0.153 e. The highest BCUT2D eigenvalue weighted by Crippen LogP contribution is 2.34. The fourth-order valence-electron chi connectivity index (χ4n) is 2.02. The Labute approximate surface area is 115 Å². The van der Waals surface area contributed by atoms with E-state index in [1.807, 2.05) is 42.1 Å². The number of halogens is 1. The number of nitrogens with two attached hydrogens (primary N) is 1. The van der Waals surface area contributed by atoms with Crippen molar-refractivity contribution in [2.24, 2.45) is 7.05 Å². The third-order valence-corrected chi connectivity index (χ3v) is 3.10. The number of aromatic nitrogens is 4. The first-order chi connectivity index (χ1) is 9.15. The second-order valence-corrected chi connectivity index (χ2v) is 4.73. The van der Waals surface area contributed by atoms with Gasteiger partial charge in [0, 0.05) is 18.3 Å². The van der Waals surface area contributed by atoms with E-state index in [4.69, 9.17) is 17.3 Å². The van der Waals surface area contributed by atoms with E-state index >= 15 is 0 Å². The van der Waals surface area contributed by atoms with Crippen molar-refractivity contribution in [1.82, 2.24) is 19.7 Å². The van der Waals surface area contributed by atoms with E-state index in [-0.39, 0.29) is 0 Å². The average Bonchev–Trinajstić information content (AvgIpc) is 2.95. The fraction of sp³-hybridized carbons (Fsp3) is 0.0769. The van der Waals surface area contributed by atoms with Crippen LogP contribution in [0.5, 0.6) is 0 Å². The highest BCUT2D eigenvalue weighted by atomic mass is 35.5. The summed E-state index contributed by atoms with van der Waals surface area (Å²) in [6.07, 6.45) is 3.63. The second-order valence-electron chi connectivity index (χ2n) is 4.29. The lowest BCUT2D eigenvalue weighted by Crippen LogP contribution is -1.89. The van der Waals surface area contributed by atoms with Crippen LogP contribution in [0.4, 0.5) is 5.82 Å². The number of aromatic amines is 1. The van der Waals surface area contributed by atoms with Crippen molar-refractivity contribution in [1.29, 1.82) is 0 Å². The molecular formula is C13H12ClN5. The molecule has 0 fully saturated rings. The molecule has 0 bridgehead atoms. The van der Waals surface area contributed by atoms with Crippen LogP contribution in [0.1, 0.15) is 0 Å². The van der Waals surface area contributed by atoms with E-state index in [1.54, 1.807) is 6.33 Å². The molecule has 0 radical (unpaired) electrons. The lowest BCUT2D eigenvalue weighted by Gasteiger charge is -2.03. The zero-order chi connectivity index (χ0) is 13.4. The summed E-state index contributed by atoms with van der Waals surface area (Å²) >= 11 is 6.03. The van der Waals surface area contributed by atoms with Gasteiger partial charge in [-0.3, -0.25) is 5.10 Å². The summed E-state index contributed by atoms with van der Waals surface area (Å²) < 4.78 is 1.87. The summed E-state index contributed by atoms with van der Waals surface area (Å²) in [4.78, 5) is 4.31. The Balaban J connectivity index is 2.19. The summed E-state index contributed by atoms with van der Waals surface area (Å²) in [7, 11) is 1.91. The van der Waals surface area contributed by atoms with Crippen LogP contribution in [0, 0.1) is 0 Å². The molecule has 96 valence electrons. The van der Waals surface area contributed by atoms with Crippen molar-refractivity contribution in [2.45, 2.75) is 0 Å². The van der Waals surface area contributed by atoms with Gasteiger partial charge in [-0.05, 0) is 17.7 Å². The van der Waals surface area contributed by atoms with Crippen LogP contribution in [0.15, 0.2) is 36.8 Å². The van der Waals surface area contributed by atoms with Crippen LogP contribution in [-0.2, 0) is 7.05 Å². The van der Waals surface area contributed by atoms with Gasteiger partial charge in [-0.2, -0.15) is 5.10 Å².